The molecule has 0 spiro atoms. The average Bonchev–Trinajstić information content (AvgIpc) is 2.73. The fourth-order valence-electron chi connectivity index (χ4n) is 1.18. The van der Waals surface area contributed by atoms with Gasteiger partial charge in [-0.3, -0.25) is 9.48 Å². The van der Waals surface area contributed by atoms with Crippen LogP contribution in [0.25, 0.3) is 0 Å². The molecule has 0 saturated heterocycles. The minimum absolute atomic E-state index is 0.235. The lowest BCUT2D eigenvalue weighted by Gasteiger charge is -2.07. The number of carbonyl (C=O) groups is 2. The molecular weight excluding hydrogens is 222 g/mol. The van der Waals surface area contributed by atoms with E-state index in [4.69, 9.17) is 5.11 Å². The Bertz CT molecular complexity index is 412. The van der Waals surface area contributed by atoms with Gasteiger partial charge in [0.25, 0.3) is 5.91 Å². The monoisotopic (exact) mass is 239 g/mol. The summed E-state index contributed by atoms with van der Waals surface area (Å²) >= 11 is 0. The number of amides is 1. The van der Waals surface area contributed by atoms with Gasteiger partial charge in [-0.25, -0.2) is 4.79 Å². The highest BCUT2D eigenvalue weighted by molar-refractivity contribution is 5.92. The molecule has 0 saturated carbocycles. The van der Waals surface area contributed by atoms with E-state index in [1.54, 1.807) is 0 Å². The molecule has 2 N–H and O–H groups in total. The second kappa shape index (κ2) is 5.47. The van der Waals surface area contributed by atoms with Crippen LogP contribution >= 0.6 is 0 Å². The van der Waals surface area contributed by atoms with Crippen molar-refractivity contribution in [3.8, 4) is 0 Å². The molecule has 0 bridgehead atoms. The largest absolute Gasteiger partial charge is 0.480 e. The first kappa shape index (κ1) is 13.2. The minimum Gasteiger partial charge on any atom is -0.480 e. The predicted octanol–water partition coefficient (Wildman–Crippen LogP) is 0.915. The molecule has 6 nitrogen and oxygen atoms in total. The van der Waals surface area contributed by atoms with E-state index in [0.29, 0.717) is 12.5 Å². The number of rotatable bonds is 5. The summed E-state index contributed by atoms with van der Waals surface area (Å²) in [5, 5.41) is 15.4. The van der Waals surface area contributed by atoms with Gasteiger partial charge in [0.2, 0.25) is 0 Å². The van der Waals surface area contributed by atoms with Crippen molar-refractivity contribution in [2.75, 3.05) is 6.54 Å². The van der Waals surface area contributed by atoms with Gasteiger partial charge in [-0.2, -0.15) is 5.10 Å². The number of carbonyl (C=O) groups excluding carboxylic acids is 1. The first-order valence-electron chi connectivity index (χ1n) is 5.48. The summed E-state index contributed by atoms with van der Waals surface area (Å²) in [6.45, 7) is 6.06. The van der Waals surface area contributed by atoms with E-state index in [-0.39, 0.29) is 11.6 Å². The van der Waals surface area contributed by atoms with Crippen LogP contribution in [0.2, 0.25) is 0 Å². The third kappa shape index (κ3) is 3.58. The summed E-state index contributed by atoms with van der Waals surface area (Å²) in [4.78, 5) is 22.4. The van der Waals surface area contributed by atoms with E-state index in [0.717, 1.165) is 0 Å². The van der Waals surface area contributed by atoms with Gasteiger partial charge in [0.1, 0.15) is 11.7 Å². The molecule has 1 aromatic heterocycles. The molecule has 17 heavy (non-hydrogen) atoms. The number of hydrogen-bond donors (Lipinski definition) is 2. The first-order valence-corrected chi connectivity index (χ1v) is 5.48. The summed E-state index contributed by atoms with van der Waals surface area (Å²) in [5.41, 5.74) is 0.235. The maximum absolute atomic E-state index is 11.6. The lowest BCUT2D eigenvalue weighted by molar-refractivity contribution is -0.140. The average molecular weight is 239 g/mol. The molecule has 0 aromatic carbocycles. The highest BCUT2D eigenvalue weighted by atomic mass is 16.4. The van der Waals surface area contributed by atoms with Crippen LogP contribution in [0.4, 0.5) is 0 Å². The summed E-state index contributed by atoms with van der Waals surface area (Å²) in [6.07, 6.45) is 1.49. The summed E-state index contributed by atoms with van der Waals surface area (Å²) in [7, 11) is 0. The van der Waals surface area contributed by atoms with E-state index >= 15 is 0 Å². The molecule has 1 unspecified atom stereocenters. The van der Waals surface area contributed by atoms with Crippen LogP contribution in [0.3, 0.4) is 0 Å². The van der Waals surface area contributed by atoms with Crippen LogP contribution in [0.1, 0.15) is 37.3 Å². The number of hydrogen-bond acceptors (Lipinski definition) is 3. The van der Waals surface area contributed by atoms with Gasteiger partial charge in [0.05, 0.1) is 0 Å². The molecular formula is C11H17N3O3. The molecule has 1 amide bonds. The lowest BCUT2D eigenvalue weighted by Crippen LogP contribution is -2.28. The van der Waals surface area contributed by atoms with Crippen molar-refractivity contribution in [1.29, 1.82) is 0 Å². The molecule has 1 aromatic rings. The topological polar surface area (TPSA) is 84.2 Å². The molecule has 0 aliphatic rings. The van der Waals surface area contributed by atoms with Gasteiger partial charge < -0.3 is 10.4 Å². The van der Waals surface area contributed by atoms with E-state index in [1.165, 1.54) is 23.9 Å². The van der Waals surface area contributed by atoms with Crippen molar-refractivity contribution >= 4 is 11.9 Å². The number of aromatic nitrogens is 2. The van der Waals surface area contributed by atoms with Gasteiger partial charge >= 0.3 is 5.97 Å². The Morgan fingerprint density at radius 1 is 1.47 bits per heavy atom. The van der Waals surface area contributed by atoms with Crippen molar-refractivity contribution in [3.63, 3.8) is 0 Å². The predicted molar refractivity (Wildman–Crippen MR) is 61.7 cm³/mol. The minimum atomic E-state index is -0.984. The molecule has 0 radical (unpaired) electrons. The van der Waals surface area contributed by atoms with Gasteiger partial charge in [0, 0.05) is 12.7 Å². The second-order valence-electron chi connectivity index (χ2n) is 4.30. The first-order chi connectivity index (χ1) is 7.91. The molecule has 94 valence electrons. The van der Waals surface area contributed by atoms with Gasteiger partial charge in [-0.15, -0.1) is 0 Å². The van der Waals surface area contributed by atoms with E-state index in [1.807, 2.05) is 13.8 Å². The Morgan fingerprint density at radius 2 is 2.12 bits per heavy atom. The van der Waals surface area contributed by atoms with Crippen LogP contribution < -0.4 is 5.32 Å². The highest BCUT2D eigenvalue weighted by Crippen LogP contribution is 2.05. The molecule has 1 heterocycles. The standard InChI is InChI=1S/C11H17N3O3/c1-7(2)6-12-10(15)9-4-5-14(13-9)8(3)11(16)17/h4-5,7-8H,6H2,1-3H3,(H,12,15)(H,16,17). The molecule has 6 heteroatoms. The number of nitrogens with one attached hydrogen (secondary N) is 1. The Labute approximate surface area is 99.6 Å². The van der Waals surface area contributed by atoms with Crippen molar-refractivity contribution in [2.24, 2.45) is 5.92 Å². The maximum atomic E-state index is 11.6. The molecule has 0 aliphatic carbocycles. The van der Waals surface area contributed by atoms with Gasteiger partial charge in [-0.05, 0) is 18.9 Å². The SMILES string of the molecule is CC(C)CNC(=O)c1ccn(C(C)C(=O)O)n1. The van der Waals surface area contributed by atoms with Crippen molar-refractivity contribution in [1.82, 2.24) is 15.1 Å². The summed E-state index contributed by atoms with van der Waals surface area (Å²) in [5.74, 6) is -0.906. The third-order valence-corrected chi connectivity index (χ3v) is 2.27. The van der Waals surface area contributed by atoms with Crippen LogP contribution in [0, 0.1) is 5.92 Å². The van der Waals surface area contributed by atoms with E-state index in [2.05, 4.69) is 10.4 Å². The van der Waals surface area contributed by atoms with Gasteiger partial charge in [0.15, 0.2) is 0 Å². The zero-order valence-corrected chi connectivity index (χ0v) is 10.2. The molecule has 0 aliphatic heterocycles. The second-order valence-corrected chi connectivity index (χ2v) is 4.30. The smallest absolute Gasteiger partial charge is 0.328 e. The van der Waals surface area contributed by atoms with Crippen LogP contribution in [0.5, 0.6) is 0 Å². The summed E-state index contributed by atoms with van der Waals surface area (Å²) < 4.78 is 1.26. The molecule has 1 atom stereocenters. The number of aliphatic carboxylic acids is 1. The van der Waals surface area contributed by atoms with Crippen molar-refractivity contribution < 1.29 is 14.7 Å². The Balaban J connectivity index is 2.67. The summed E-state index contributed by atoms with van der Waals surface area (Å²) in [6, 6.07) is 0.733. The zero-order valence-electron chi connectivity index (χ0n) is 10.2. The number of carboxylic acids is 1. The maximum Gasteiger partial charge on any atom is 0.328 e. The fourth-order valence-corrected chi connectivity index (χ4v) is 1.18. The highest BCUT2D eigenvalue weighted by Gasteiger charge is 2.16. The zero-order chi connectivity index (χ0) is 13.0. The number of carboxylic acid groups (broad SMARTS) is 1. The van der Waals surface area contributed by atoms with Gasteiger partial charge in [-0.1, -0.05) is 13.8 Å². The Hall–Kier alpha value is -1.85. The van der Waals surface area contributed by atoms with Crippen LogP contribution in [-0.2, 0) is 4.79 Å². The normalized spacial score (nSPS) is 12.5. The van der Waals surface area contributed by atoms with Crippen LogP contribution in [-0.4, -0.2) is 33.3 Å². The quantitative estimate of drug-likeness (QED) is 0.800. The molecule has 0 fully saturated rings. The fraction of sp³-hybridized carbons (Fsp3) is 0.545. The number of nitrogens with zero attached hydrogens (tertiary/aromatic N) is 2. The lowest BCUT2D eigenvalue weighted by atomic mass is 10.2. The third-order valence-electron chi connectivity index (χ3n) is 2.27. The van der Waals surface area contributed by atoms with E-state index in [9.17, 15) is 9.59 Å². The molecule has 1 rings (SSSR count). The Kier molecular flexibility index (Phi) is 4.25. The van der Waals surface area contributed by atoms with E-state index < -0.39 is 12.0 Å². The van der Waals surface area contributed by atoms with Crippen LogP contribution in [0.15, 0.2) is 12.3 Å². The van der Waals surface area contributed by atoms with Crippen molar-refractivity contribution in [2.45, 2.75) is 26.8 Å². The van der Waals surface area contributed by atoms with Crippen molar-refractivity contribution in [3.05, 3.63) is 18.0 Å². The Morgan fingerprint density at radius 3 is 2.65 bits per heavy atom.